The van der Waals surface area contributed by atoms with Crippen molar-refractivity contribution in [1.29, 1.82) is 0 Å². The van der Waals surface area contributed by atoms with Crippen LogP contribution in [-0.2, 0) is 16.0 Å². The Balaban J connectivity index is 1.45. The lowest BCUT2D eigenvalue weighted by Crippen LogP contribution is -2.46. The van der Waals surface area contributed by atoms with Crippen molar-refractivity contribution in [2.75, 3.05) is 39.8 Å². The van der Waals surface area contributed by atoms with E-state index in [0.29, 0.717) is 29.3 Å². The van der Waals surface area contributed by atoms with Gasteiger partial charge in [0.05, 0.1) is 5.57 Å². The van der Waals surface area contributed by atoms with Crippen LogP contribution >= 0.6 is 11.6 Å². The maximum Gasteiger partial charge on any atom is 0.277 e. The summed E-state index contributed by atoms with van der Waals surface area (Å²) in [5.41, 5.74) is 3.89. The molecule has 1 aromatic heterocycles. The van der Waals surface area contributed by atoms with E-state index in [2.05, 4.69) is 27.9 Å². The average molecular weight is 449 g/mol. The second-order valence-corrected chi connectivity index (χ2v) is 8.83. The molecular weight excluding hydrogens is 424 g/mol. The van der Waals surface area contributed by atoms with E-state index >= 15 is 0 Å². The normalized spacial score (nSPS) is 17.8. The van der Waals surface area contributed by atoms with Crippen LogP contribution in [0.25, 0.3) is 16.5 Å². The zero-order chi connectivity index (χ0) is 22.2. The van der Waals surface area contributed by atoms with Gasteiger partial charge in [-0.25, -0.2) is 0 Å². The molecule has 164 valence electrons. The van der Waals surface area contributed by atoms with Crippen LogP contribution in [0.3, 0.4) is 0 Å². The number of nitrogens with one attached hydrogen (secondary N) is 1. The minimum Gasteiger partial charge on any atom is -0.364 e. The summed E-state index contributed by atoms with van der Waals surface area (Å²) in [6.45, 7) is 3.49. The molecule has 2 aliphatic rings. The number of para-hydroxylation sites is 1. The number of benzene rings is 2. The van der Waals surface area contributed by atoms with Gasteiger partial charge in [-0.1, -0.05) is 41.9 Å². The number of fused-ring (bicyclic) bond motifs is 1. The fraction of sp³-hybridized carbons (Fsp3) is 0.280. The van der Waals surface area contributed by atoms with E-state index in [4.69, 9.17) is 11.6 Å². The lowest BCUT2D eigenvalue weighted by atomic mass is 10.0. The van der Waals surface area contributed by atoms with Gasteiger partial charge in [0.2, 0.25) is 0 Å². The number of hydrogen-bond acceptors (Lipinski definition) is 4. The smallest absolute Gasteiger partial charge is 0.277 e. The third-order valence-corrected chi connectivity index (χ3v) is 6.63. The Morgan fingerprint density at radius 2 is 1.66 bits per heavy atom. The molecule has 1 saturated heterocycles. The summed E-state index contributed by atoms with van der Waals surface area (Å²) in [5, 5.41) is 1.72. The zero-order valence-corrected chi connectivity index (χ0v) is 18.7. The van der Waals surface area contributed by atoms with E-state index in [-0.39, 0.29) is 11.8 Å². The molecule has 3 heterocycles. The van der Waals surface area contributed by atoms with E-state index in [1.807, 2.05) is 36.5 Å². The predicted octanol–water partition coefficient (Wildman–Crippen LogP) is 3.39. The summed E-state index contributed by atoms with van der Waals surface area (Å²) >= 11 is 6.07. The lowest BCUT2D eigenvalue weighted by molar-refractivity contribution is -0.137. The van der Waals surface area contributed by atoms with Gasteiger partial charge in [0, 0.05) is 54.8 Å². The van der Waals surface area contributed by atoms with Crippen LogP contribution in [0, 0.1) is 0 Å². The second-order valence-electron chi connectivity index (χ2n) is 8.39. The van der Waals surface area contributed by atoms with Crippen molar-refractivity contribution in [2.24, 2.45) is 0 Å². The summed E-state index contributed by atoms with van der Waals surface area (Å²) < 4.78 is 0. The first-order chi connectivity index (χ1) is 15.5. The maximum absolute atomic E-state index is 13.5. The summed E-state index contributed by atoms with van der Waals surface area (Å²) in [5.74, 6) is -0.435. The summed E-state index contributed by atoms with van der Waals surface area (Å²) in [7, 11) is 2.07. The Kier molecular flexibility index (Phi) is 5.49. The van der Waals surface area contributed by atoms with E-state index < -0.39 is 0 Å². The van der Waals surface area contributed by atoms with E-state index in [1.165, 1.54) is 4.90 Å². The summed E-state index contributed by atoms with van der Waals surface area (Å²) in [6, 6.07) is 15.2. The van der Waals surface area contributed by atoms with Crippen LogP contribution in [0.1, 0.15) is 11.1 Å². The molecule has 0 aliphatic carbocycles. The number of H-pyrrole nitrogens is 1. The second kappa shape index (κ2) is 8.45. The third-order valence-electron chi connectivity index (χ3n) is 6.38. The highest BCUT2D eigenvalue weighted by Crippen LogP contribution is 2.33. The van der Waals surface area contributed by atoms with Crippen molar-refractivity contribution in [3.63, 3.8) is 0 Å². The van der Waals surface area contributed by atoms with Gasteiger partial charge in [0.1, 0.15) is 5.70 Å². The quantitative estimate of drug-likeness (QED) is 0.608. The Hall–Kier alpha value is -3.09. The molecule has 0 radical (unpaired) electrons. The molecule has 0 unspecified atom stereocenters. The molecule has 32 heavy (non-hydrogen) atoms. The molecule has 6 nitrogen and oxygen atoms in total. The topological polar surface area (TPSA) is 59.6 Å². The maximum atomic E-state index is 13.5. The number of carbonyl (C=O) groups excluding carboxylic acids is 2. The first-order valence-corrected chi connectivity index (χ1v) is 11.3. The lowest BCUT2D eigenvalue weighted by Gasteiger charge is -2.34. The van der Waals surface area contributed by atoms with Crippen LogP contribution in [0.5, 0.6) is 0 Å². The Labute approximate surface area is 192 Å². The number of amides is 2. The number of rotatable bonds is 5. The van der Waals surface area contributed by atoms with Gasteiger partial charge in [-0.3, -0.25) is 14.5 Å². The monoisotopic (exact) mass is 448 g/mol. The number of likely N-dealkylation sites (N-methyl/N-ethyl adjacent to an activating group) is 1. The number of aromatic amines is 1. The molecule has 3 aromatic rings. The van der Waals surface area contributed by atoms with Crippen molar-refractivity contribution in [2.45, 2.75) is 6.42 Å². The minimum atomic E-state index is -0.230. The van der Waals surface area contributed by atoms with Crippen molar-refractivity contribution in [3.8, 4) is 0 Å². The number of halogens is 1. The molecule has 7 heteroatoms. The SMILES string of the molecule is CN1CCN(C2=C(c3ccc(Cl)cc3)C(=O)N(CCc3c[nH]c4ccccc34)C2=O)CC1. The molecule has 2 amide bonds. The minimum absolute atomic E-state index is 0.204. The zero-order valence-electron chi connectivity index (χ0n) is 18.0. The average Bonchev–Trinajstić information content (AvgIpc) is 3.32. The molecule has 1 N–H and O–H groups in total. The molecule has 0 spiro atoms. The summed E-state index contributed by atoms with van der Waals surface area (Å²) in [6.07, 6.45) is 2.57. The van der Waals surface area contributed by atoms with Crippen LogP contribution < -0.4 is 0 Å². The van der Waals surface area contributed by atoms with Gasteiger partial charge in [-0.15, -0.1) is 0 Å². The predicted molar refractivity (Wildman–Crippen MR) is 126 cm³/mol. The van der Waals surface area contributed by atoms with Crippen molar-refractivity contribution in [1.82, 2.24) is 19.7 Å². The fourth-order valence-electron chi connectivity index (χ4n) is 4.54. The molecule has 5 rings (SSSR count). The van der Waals surface area contributed by atoms with Gasteiger partial charge < -0.3 is 14.8 Å². The Morgan fingerprint density at radius 1 is 0.938 bits per heavy atom. The molecule has 0 bridgehead atoms. The highest BCUT2D eigenvalue weighted by atomic mass is 35.5. The number of carbonyl (C=O) groups is 2. The van der Waals surface area contributed by atoms with Crippen molar-refractivity contribution >= 4 is 39.9 Å². The molecular formula is C25H25ClN4O2. The van der Waals surface area contributed by atoms with Gasteiger partial charge in [0.15, 0.2) is 0 Å². The number of imide groups is 1. The number of nitrogens with zero attached hydrogens (tertiary/aromatic N) is 3. The molecule has 0 atom stereocenters. The van der Waals surface area contributed by atoms with Gasteiger partial charge in [0.25, 0.3) is 11.8 Å². The number of aromatic nitrogens is 1. The standard InChI is InChI=1S/C25H25ClN4O2/c1-28-12-14-29(15-13-28)23-22(17-6-8-19(26)9-7-17)24(31)30(25(23)32)11-10-18-16-27-21-5-3-2-4-20(18)21/h2-9,16,27H,10-15H2,1H3. The van der Waals surface area contributed by atoms with Crippen LogP contribution in [-0.4, -0.2) is 71.3 Å². The summed E-state index contributed by atoms with van der Waals surface area (Å²) in [4.78, 5) is 36.0. The van der Waals surface area contributed by atoms with E-state index in [0.717, 1.165) is 48.2 Å². The fourth-order valence-corrected chi connectivity index (χ4v) is 4.66. The number of piperazine rings is 1. The van der Waals surface area contributed by atoms with Crippen molar-refractivity contribution < 1.29 is 9.59 Å². The van der Waals surface area contributed by atoms with Gasteiger partial charge in [-0.05, 0) is 42.8 Å². The van der Waals surface area contributed by atoms with Crippen LogP contribution in [0.2, 0.25) is 5.02 Å². The van der Waals surface area contributed by atoms with Crippen molar-refractivity contribution in [3.05, 3.63) is 76.6 Å². The largest absolute Gasteiger partial charge is 0.364 e. The number of hydrogen-bond donors (Lipinski definition) is 1. The highest BCUT2D eigenvalue weighted by molar-refractivity contribution is 6.36. The molecule has 1 fully saturated rings. The van der Waals surface area contributed by atoms with Crippen LogP contribution in [0.15, 0.2) is 60.4 Å². The highest BCUT2D eigenvalue weighted by Gasteiger charge is 2.41. The molecule has 2 aromatic carbocycles. The molecule has 0 saturated carbocycles. The van der Waals surface area contributed by atoms with E-state index in [9.17, 15) is 9.59 Å². The van der Waals surface area contributed by atoms with Gasteiger partial charge in [-0.2, -0.15) is 0 Å². The van der Waals surface area contributed by atoms with Crippen LogP contribution in [0.4, 0.5) is 0 Å². The third kappa shape index (κ3) is 3.70. The first kappa shape index (κ1) is 20.8. The van der Waals surface area contributed by atoms with Gasteiger partial charge >= 0.3 is 0 Å². The Morgan fingerprint density at radius 3 is 2.41 bits per heavy atom. The molecule has 2 aliphatic heterocycles. The first-order valence-electron chi connectivity index (χ1n) is 10.9. The van der Waals surface area contributed by atoms with E-state index in [1.54, 1.807) is 12.1 Å². The Bertz CT molecular complexity index is 1210.